The standard InChI is InChI=1S/C19H33NO/c1-9-20-17(19(6,7)8)13-21-16-11-10-14(2)12-15(16)18(3,4)5/h10-12,17,20H,9,13H2,1-8H3. The molecule has 0 aromatic heterocycles. The van der Waals surface area contributed by atoms with Crippen LogP contribution >= 0.6 is 0 Å². The van der Waals surface area contributed by atoms with Gasteiger partial charge in [0, 0.05) is 6.04 Å². The summed E-state index contributed by atoms with van der Waals surface area (Å²) in [6.07, 6.45) is 0. The Labute approximate surface area is 131 Å². The molecule has 2 heteroatoms. The molecule has 21 heavy (non-hydrogen) atoms. The van der Waals surface area contributed by atoms with E-state index in [2.05, 4.69) is 78.9 Å². The van der Waals surface area contributed by atoms with E-state index in [1.54, 1.807) is 0 Å². The van der Waals surface area contributed by atoms with E-state index in [4.69, 9.17) is 4.74 Å². The van der Waals surface area contributed by atoms with E-state index in [0.29, 0.717) is 12.6 Å². The summed E-state index contributed by atoms with van der Waals surface area (Å²) in [5.41, 5.74) is 2.84. The van der Waals surface area contributed by atoms with Crippen molar-refractivity contribution in [1.29, 1.82) is 0 Å². The number of likely N-dealkylation sites (N-methyl/N-ethyl adjacent to an activating group) is 1. The average Bonchev–Trinajstić information content (AvgIpc) is 2.33. The minimum absolute atomic E-state index is 0.0940. The number of rotatable bonds is 5. The van der Waals surface area contributed by atoms with Crippen LogP contribution in [-0.2, 0) is 5.41 Å². The van der Waals surface area contributed by atoms with Crippen molar-refractivity contribution in [1.82, 2.24) is 5.32 Å². The fourth-order valence-electron chi connectivity index (χ4n) is 2.39. The van der Waals surface area contributed by atoms with E-state index in [1.165, 1.54) is 11.1 Å². The smallest absolute Gasteiger partial charge is 0.123 e. The summed E-state index contributed by atoms with van der Waals surface area (Å²) in [6.45, 7) is 19.4. The molecule has 0 radical (unpaired) electrons. The highest BCUT2D eigenvalue weighted by molar-refractivity contribution is 5.41. The molecule has 0 saturated carbocycles. The fraction of sp³-hybridized carbons (Fsp3) is 0.684. The molecule has 1 aromatic rings. The van der Waals surface area contributed by atoms with Crippen LogP contribution in [0.3, 0.4) is 0 Å². The Balaban J connectivity index is 2.93. The van der Waals surface area contributed by atoms with Gasteiger partial charge in [-0.1, -0.05) is 66.2 Å². The van der Waals surface area contributed by atoms with Crippen LogP contribution in [0, 0.1) is 12.3 Å². The second-order valence-corrected chi connectivity index (χ2v) is 8.04. The summed E-state index contributed by atoms with van der Waals surface area (Å²) in [4.78, 5) is 0. The van der Waals surface area contributed by atoms with Crippen molar-refractivity contribution in [2.45, 2.75) is 66.8 Å². The number of hydrogen-bond donors (Lipinski definition) is 1. The monoisotopic (exact) mass is 291 g/mol. The molecule has 0 aliphatic carbocycles. The fourth-order valence-corrected chi connectivity index (χ4v) is 2.39. The second-order valence-electron chi connectivity index (χ2n) is 8.04. The van der Waals surface area contributed by atoms with Gasteiger partial charge >= 0.3 is 0 Å². The largest absolute Gasteiger partial charge is 0.492 e. The lowest BCUT2D eigenvalue weighted by Gasteiger charge is -2.32. The molecule has 2 nitrogen and oxygen atoms in total. The molecule has 0 heterocycles. The first-order valence-electron chi connectivity index (χ1n) is 8.03. The Morgan fingerprint density at radius 1 is 1.10 bits per heavy atom. The summed E-state index contributed by atoms with van der Waals surface area (Å²) in [7, 11) is 0. The molecule has 120 valence electrons. The molecular formula is C19H33NO. The Hall–Kier alpha value is -1.02. The quantitative estimate of drug-likeness (QED) is 0.849. The summed E-state index contributed by atoms with van der Waals surface area (Å²) < 4.78 is 6.20. The lowest BCUT2D eigenvalue weighted by atomic mass is 9.85. The first kappa shape index (κ1) is 18.0. The van der Waals surface area contributed by atoms with Crippen molar-refractivity contribution in [3.63, 3.8) is 0 Å². The van der Waals surface area contributed by atoms with Gasteiger partial charge in [0.25, 0.3) is 0 Å². The third kappa shape index (κ3) is 5.35. The van der Waals surface area contributed by atoms with Crippen molar-refractivity contribution in [2.24, 2.45) is 5.41 Å². The average molecular weight is 291 g/mol. The highest BCUT2D eigenvalue weighted by atomic mass is 16.5. The molecule has 0 amide bonds. The zero-order valence-electron chi connectivity index (χ0n) is 15.1. The van der Waals surface area contributed by atoms with Gasteiger partial charge in [-0.05, 0) is 35.9 Å². The Bertz CT molecular complexity index is 452. The normalized spacial score (nSPS) is 14.1. The van der Waals surface area contributed by atoms with Crippen molar-refractivity contribution < 1.29 is 4.74 Å². The van der Waals surface area contributed by atoms with Gasteiger partial charge in [0.2, 0.25) is 0 Å². The van der Waals surface area contributed by atoms with Gasteiger partial charge in [0.15, 0.2) is 0 Å². The van der Waals surface area contributed by atoms with Crippen LogP contribution in [0.2, 0.25) is 0 Å². The zero-order chi connectivity index (χ0) is 16.3. The van der Waals surface area contributed by atoms with Crippen molar-refractivity contribution in [3.8, 4) is 5.75 Å². The van der Waals surface area contributed by atoms with Gasteiger partial charge in [0.05, 0.1) is 0 Å². The summed E-state index contributed by atoms with van der Waals surface area (Å²) in [6, 6.07) is 6.83. The van der Waals surface area contributed by atoms with Crippen LogP contribution in [0.15, 0.2) is 18.2 Å². The Kier molecular flexibility index (Phi) is 5.86. The van der Waals surface area contributed by atoms with Gasteiger partial charge < -0.3 is 10.1 Å². The number of hydrogen-bond acceptors (Lipinski definition) is 2. The van der Waals surface area contributed by atoms with Crippen LogP contribution in [-0.4, -0.2) is 19.2 Å². The van der Waals surface area contributed by atoms with E-state index in [-0.39, 0.29) is 10.8 Å². The number of ether oxygens (including phenoxy) is 1. The first-order chi connectivity index (χ1) is 9.55. The van der Waals surface area contributed by atoms with Gasteiger partial charge in [-0.3, -0.25) is 0 Å². The summed E-state index contributed by atoms with van der Waals surface area (Å²) >= 11 is 0. The van der Waals surface area contributed by atoms with Crippen molar-refractivity contribution in [3.05, 3.63) is 29.3 Å². The maximum Gasteiger partial charge on any atom is 0.123 e. The van der Waals surface area contributed by atoms with E-state index in [9.17, 15) is 0 Å². The number of nitrogens with one attached hydrogen (secondary N) is 1. The van der Waals surface area contributed by atoms with E-state index in [1.807, 2.05) is 0 Å². The summed E-state index contributed by atoms with van der Waals surface area (Å²) in [5, 5.41) is 3.54. The lowest BCUT2D eigenvalue weighted by molar-refractivity contribution is 0.174. The summed E-state index contributed by atoms with van der Waals surface area (Å²) in [5.74, 6) is 1.01. The predicted molar refractivity (Wildman–Crippen MR) is 92.3 cm³/mol. The molecule has 0 saturated heterocycles. The van der Waals surface area contributed by atoms with Crippen molar-refractivity contribution >= 4 is 0 Å². The molecule has 0 aliphatic heterocycles. The van der Waals surface area contributed by atoms with E-state index >= 15 is 0 Å². The van der Waals surface area contributed by atoms with Gasteiger partial charge in [-0.2, -0.15) is 0 Å². The van der Waals surface area contributed by atoms with Crippen molar-refractivity contribution in [2.75, 3.05) is 13.2 Å². The molecule has 0 aliphatic rings. The molecule has 0 spiro atoms. The molecule has 1 aromatic carbocycles. The van der Waals surface area contributed by atoms with E-state index in [0.717, 1.165) is 12.3 Å². The lowest BCUT2D eigenvalue weighted by Crippen LogP contribution is -2.44. The topological polar surface area (TPSA) is 21.3 Å². The second kappa shape index (κ2) is 6.83. The first-order valence-corrected chi connectivity index (χ1v) is 8.03. The van der Waals surface area contributed by atoms with Crippen LogP contribution in [0.5, 0.6) is 5.75 Å². The maximum absolute atomic E-state index is 6.20. The SMILES string of the molecule is CCNC(COc1ccc(C)cc1C(C)(C)C)C(C)(C)C. The minimum atomic E-state index is 0.0940. The van der Waals surface area contributed by atoms with Gasteiger partial charge in [-0.15, -0.1) is 0 Å². The molecule has 1 rings (SSSR count). The minimum Gasteiger partial charge on any atom is -0.492 e. The molecule has 1 atom stereocenters. The Morgan fingerprint density at radius 3 is 2.19 bits per heavy atom. The van der Waals surface area contributed by atoms with Crippen LogP contribution in [0.4, 0.5) is 0 Å². The molecule has 1 N–H and O–H groups in total. The number of benzene rings is 1. The molecule has 1 unspecified atom stereocenters. The van der Waals surface area contributed by atoms with Crippen LogP contribution in [0.25, 0.3) is 0 Å². The maximum atomic E-state index is 6.20. The van der Waals surface area contributed by atoms with Gasteiger partial charge in [-0.25, -0.2) is 0 Å². The number of aryl methyl sites for hydroxylation is 1. The third-order valence-corrected chi connectivity index (χ3v) is 3.84. The van der Waals surface area contributed by atoms with Gasteiger partial charge in [0.1, 0.15) is 12.4 Å². The highest BCUT2D eigenvalue weighted by Gasteiger charge is 2.25. The van der Waals surface area contributed by atoms with Crippen LogP contribution < -0.4 is 10.1 Å². The molecular weight excluding hydrogens is 258 g/mol. The zero-order valence-corrected chi connectivity index (χ0v) is 15.1. The Morgan fingerprint density at radius 2 is 1.71 bits per heavy atom. The molecule has 0 bridgehead atoms. The molecule has 0 fully saturated rings. The third-order valence-electron chi connectivity index (χ3n) is 3.84. The van der Waals surface area contributed by atoms with Crippen LogP contribution in [0.1, 0.15) is 59.6 Å². The highest BCUT2D eigenvalue weighted by Crippen LogP contribution is 2.32. The predicted octanol–water partition coefficient (Wildman–Crippen LogP) is 4.70. The van der Waals surface area contributed by atoms with E-state index < -0.39 is 0 Å².